The minimum atomic E-state index is -4.70. The maximum absolute atomic E-state index is 13.3. The highest BCUT2D eigenvalue weighted by molar-refractivity contribution is 6.17. The van der Waals surface area contributed by atoms with Crippen molar-refractivity contribution in [3.8, 4) is 5.75 Å². The highest BCUT2D eigenvalue weighted by Crippen LogP contribution is 2.36. The fraction of sp³-hybridized carbons (Fsp3) is 0.533. The van der Waals surface area contributed by atoms with Crippen LogP contribution in [0.25, 0.3) is 5.70 Å². The number of hydrogen-bond acceptors (Lipinski definition) is 5. The summed E-state index contributed by atoms with van der Waals surface area (Å²) in [5.74, 6) is -0.0394. The molecule has 2 unspecified atom stereocenters. The number of hydrogen-bond donors (Lipinski definition) is 2. The summed E-state index contributed by atoms with van der Waals surface area (Å²) in [4.78, 5) is 8.80. The molecule has 1 aromatic carbocycles. The Morgan fingerprint density at radius 3 is 2.38 bits per heavy atom. The minimum Gasteiger partial charge on any atom is -0.434 e. The Morgan fingerprint density at radius 2 is 1.77 bits per heavy atom. The van der Waals surface area contributed by atoms with Crippen molar-refractivity contribution in [2.45, 2.75) is 85.0 Å². The summed E-state index contributed by atoms with van der Waals surface area (Å²) < 4.78 is 70.6. The topological polar surface area (TPSA) is 66.7 Å². The van der Waals surface area contributed by atoms with Crippen LogP contribution in [0.3, 0.4) is 0 Å². The van der Waals surface area contributed by atoms with Crippen LogP contribution in [0.4, 0.5) is 22.0 Å². The number of nitrogens with zero attached hydrogens (tertiary/aromatic N) is 2. The van der Waals surface area contributed by atoms with Gasteiger partial charge in [0.15, 0.2) is 0 Å². The molecule has 2 atom stereocenters. The van der Waals surface area contributed by atoms with E-state index in [-0.39, 0.29) is 23.9 Å². The van der Waals surface area contributed by atoms with Crippen molar-refractivity contribution in [3.05, 3.63) is 65.0 Å². The lowest BCUT2D eigenvalue weighted by Gasteiger charge is -2.25. The van der Waals surface area contributed by atoms with Crippen molar-refractivity contribution in [2.75, 3.05) is 13.2 Å². The van der Waals surface area contributed by atoms with E-state index in [0.29, 0.717) is 29.7 Å². The van der Waals surface area contributed by atoms with Gasteiger partial charge in [0, 0.05) is 47.4 Å². The molecule has 0 spiro atoms. The van der Waals surface area contributed by atoms with Crippen LogP contribution < -0.4 is 10.1 Å². The van der Waals surface area contributed by atoms with E-state index >= 15 is 0 Å². The molecule has 0 bridgehead atoms. The summed E-state index contributed by atoms with van der Waals surface area (Å²) in [5.41, 5.74) is 1.38. The van der Waals surface area contributed by atoms with Crippen molar-refractivity contribution < 1.29 is 31.8 Å². The molecule has 5 nitrogen and oxygen atoms in total. The number of halogens is 5. The predicted octanol–water partition coefficient (Wildman–Crippen LogP) is 7.87. The Labute approximate surface area is 233 Å². The van der Waals surface area contributed by atoms with Crippen LogP contribution in [0.15, 0.2) is 47.7 Å². The summed E-state index contributed by atoms with van der Waals surface area (Å²) >= 11 is 0. The van der Waals surface area contributed by atoms with Crippen LogP contribution in [0, 0.1) is 5.92 Å². The average Bonchev–Trinajstić information content (AvgIpc) is 3.10. The average molecular weight is 570 g/mol. The number of pyridine rings is 1. The molecular weight excluding hydrogens is 529 g/mol. The third-order valence-electron chi connectivity index (χ3n) is 6.56. The van der Waals surface area contributed by atoms with E-state index in [1.54, 1.807) is 18.5 Å². The van der Waals surface area contributed by atoms with Gasteiger partial charge in [-0.3, -0.25) is 9.98 Å². The van der Waals surface area contributed by atoms with Gasteiger partial charge >= 0.3 is 12.8 Å². The molecule has 2 aromatic rings. The molecule has 1 aromatic heterocycles. The first kappa shape index (κ1) is 33.2. The second-order valence-corrected chi connectivity index (χ2v) is 9.77. The molecular formula is C30H40F5N3O2. The van der Waals surface area contributed by atoms with Gasteiger partial charge in [0.25, 0.3) is 0 Å². The molecule has 10 heteroatoms. The number of unbranched alkanes of at least 4 members (excludes halogenated alkanes) is 1. The molecule has 3 rings (SSSR count). The molecule has 222 valence electrons. The number of rotatable bonds is 12. The lowest BCUT2D eigenvalue weighted by Crippen LogP contribution is -2.30. The van der Waals surface area contributed by atoms with E-state index in [0.717, 1.165) is 56.4 Å². The van der Waals surface area contributed by atoms with E-state index < -0.39 is 24.1 Å². The van der Waals surface area contributed by atoms with E-state index in [4.69, 9.17) is 5.11 Å². The zero-order valence-electron chi connectivity index (χ0n) is 23.6. The largest absolute Gasteiger partial charge is 0.434 e. The number of nitrogens with one attached hydrogen (secondary N) is 1. The third kappa shape index (κ3) is 9.87. The summed E-state index contributed by atoms with van der Waals surface area (Å²) in [7, 11) is 0. The maximum Gasteiger partial charge on any atom is 0.416 e. The summed E-state index contributed by atoms with van der Waals surface area (Å²) in [5, 5.41) is 11.5. The molecule has 2 N–H and O–H groups in total. The Kier molecular flexibility index (Phi) is 13.5. The monoisotopic (exact) mass is 569 g/mol. The molecule has 1 aliphatic rings. The Hall–Kier alpha value is -3.01. The Bertz CT molecular complexity index is 1120. The quantitative estimate of drug-likeness (QED) is 0.255. The Morgan fingerprint density at radius 1 is 1.05 bits per heavy atom. The standard InChI is InChI=1S/C27H32F5N3O.C3H8O/c1-4-6-7-19(14-17(3)5-2)35-23-11-13-34-25(20-10-12-33-16-22(20)23)21-9-8-18(27(30,31)32)15-24(21)36-26(28)29;1-2-3-4/h8-12,15-17,19,26,35H,4-7,13-14H2,1-3H3;4H,2-3H2,1H3. The summed E-state index contributed by atoms with van der Waals surface area (Å²) in [6.45, 7) is 5.70. The van der Waals surface area contributed by atoms with Crippen molar-refractivity contribution in [1.29, 1.82) is 0 Å². The van der Waals surface area contributed by atoms with E-state index in [1.165, 1.54) is 0 Å². The zero-order chi connectivity index (χ0) is 29.7. The third-order valence-corrected chi connectivity index (χ3v) is 6.56. The SMILES string of the molecule is CCCCC(CC(C)CC)NC1=CCN=C(c2ccc(C(F)(F)F)cc2OC(F)F)c2ccncc21.CCCO. The molecule has 40 heavy (non-hydrogen) atoms. The normalized spacial score (nSPS) is 14.7. The zero-order valence-corrected chi connectivity index (χ0v) is 23.6. The summed E-state index contributed by atoms with van der Waals surface area (Å²) in [6.07, 6.45) is 6.47. The Balaban J connectivity index is 0.00000131. The lowest BCUT2D eigenvalue weighted by molar-refractivity contribution is -0.138. The van der Waals surface area contributed by atoms with Gasteiger partial charge in [-0.15, -0.1) is 0 Å². The molecule has 1 aliphatic heterocycles. The number of fused-ring (bicyclic) bond motifs is 1. The minimum absolute atomic E-state index is 0.0625. The van der Waals surface area contributed by atoms with Crippen LogP contribution in [0.2, 0.25) is 0 Å². The van der Waals surface area contributed by atoms with Crippen LogP contribution in [0.5, 0.6) is 5.75 Å². The van der Waals surface area contributed by atoms with Gasteiger partial charge in [0.2, 0.25) is 0 Å². The highest BCUT2D eigenvalue weighted by atomic mass is 19.4. The van der Waals surface area contributed by atoms with Crippen molar-refractivity contribution in [3.63, 3.8) is 0 Å². The van der Waals surface area contributed by atoms with Gasteiger partial charge in [-0.2, -0.15) is 22.0 Å². The van der Waals surface area contributed by atoms with Gasteiger partial charge < -0.3 is 15.2 Å². The smallest absolute Gasteiger partial charge is 0.416 e. The second kappa shape index (κ2) is 16.3. The van der Waals surface area contributed by atoms with Crippen molar-refractivity contribution in [1.82, 2.24) is 10.3 Å². The van der Waals surface area contributed by atoms with Crippen LogP contribution >= 0.6 is 0 Å². The van der Waals surface area contributed by atoms with Gasteiger partial charge in [-0.05, 0) is 55.5 Å². The molecule has 2 heterocycles. The fourth-order valence-corrected chi connectivity index (χ4v) is 4.27. The van der Waals surface area contributed by atoms with E-state index in [2.05, 4.69) is 40.8 Å². The number of aromatic nitrogens is 1. The van der Waals surface area contributed by atoms with Gasteiger partial charge in [-0.25, -0.2) is 0 Å². The van der Waals surface area contributed by atoms with E-state index in [9.17, 15) is 22.0 Å². The number of aliphatic imine (C=N–C) groups is 1. The van der Waals surface area contributed by atoms with Crippen molar-refractivity contribution in [2.24, 2.45) is 10.9 Å². The van der Waals surface area contributed by atoms with Gasteiger partial charge in [0.1, 0.15) is 5.75 Å². The second-order valence-electron chi connectivity index (χ2n) is 9.77. The van der Waals surface area contributed by atoms with Crippen LogP contribution in [-0.2, 0) is 6.18 Å². The predicted molar refractivity (Wildman–Crippen MR) is 149 cm³/mol. The molecule has 0 amide bonds. The lowest BCUT2D eigenvalue weighted by atomic mass is 9.93. The van der Waals surface area contributed by atoms with Crippen LogP contribution in [0.1, 0.15) is 88.5 Å². The number of benzene rings is 1. The van der Waals surface area contributed by atoms with Crippen LogP contribution in [-0.4, -0.2) is 41.6 Å². The number of alkyl halides is 5. The number of aliphatic hydroxyl groups is 1. The molecule has 0 saturated carbocycles. The molecule has 0 radical (unpaired) electrons. The first-order chi connectivity index (χ1) is 19.0. The highest BCUT2D eigenvalue weighted by Gasteiger charge is 2.32. The van der Waals surface area contributed by atoms with Gasteiger partial charge in [0.05, 0.1) is 17.8 Å². The van der Waals surface area contributed by atoms with Crippen molar-refractivity contribution >= 4 is 11.4 Å². The number of aliphatic hydroxyl groups excluding tert-OH is 1. The molecule has 0 aliphatic carbocycles. The fourth-order valence-electron chi connectivity index (χ4n) is 4.27. The maximum atomic E-state index is 13.3. The van der Waals surface area contributed by atoms with Gasteiger partial charge in [-0.1, -0.05) is 47.0 Å². The number of ether oxygens (including phenoxy) is 1. The molecule has 0 saturated heterocycles. The first-order valence-corrected chi connectivity index (χ1v) is 13.8. The van der Waals surface area contributed by atoms with E-state index in [1.807, 2.05) is 13.0 Å². The molecule has 0 fully saturated rings. The summed E-state index contributed by atoms with van der Waals surface area (Å²) in [6, 6.07) is 4.49. The first-order valence-electron chi connectivity index (χ1n) is 13.8.